The van der Waals surface area contributed by atoms with Crippen LogP contribution in [0.25, 0.3) is 22.4 Å². The zero-order valence-corrected chi connectivity index (χ0v) is 15.7. The molecule has 0 unspecified atom stereocenters. The van der Waals surface area contributed by atoms with E-state index in [0.29, 0.717) is 23.9 Å². The standard InChI is InChI=1S/C22H17N7/c1-15-10-18-17(11-23)8-5-9-19(18)29(15)22-26-21(20-13-24-14-28(20)27-22)25-12-16-6-3-2-4-7-16/h2-10,13-14H,12H2,1H3,(H,25,26,27). The third-order valence-electron chi connectivity index (χ3n) is 4.92. The monoisotopic (exact) mass is 379 g/mol. The van der Waals surface area contributed by atoms with Gasteiger partial charge in [0.15, 0.2) is 5.82 Å². The first-order valence-electron chi connectivity index (χ1n) is 9.24. The minimum absolute atomic E-state index is 0.522. The number of imidazole rings is 1. The maximum absolute atomic E-state index is 9.43. The topological polar surface area (TPSA) is 83.8 Å². The van der Waals surface area contributed by atoms with E-state index in [0.717, 1.165) is 27.7 Å². The molecule has 5 rings (SSSR count). The van der Waals surface area contributed by atoms with Crippen molar-refractivity contribution in [1.82, 2.24) is 24.1 Å². The van der Waals surface area contributed by atoms with Crippen LogP contribution in [0.2, 0.25) is 0 Å². The van der Waals surface area contributed by atoms with E-state index < -0.39 is 0 Å². The highest BCUT2D eigenvalue weighted by molar-refractivity contribution is 5.88. The SMILES string of the molecule is Cc1cc2c(C#N)cccc2n1-c1nc(NCc2ccccc2)c2cncn2n1. The molecule has 5 aromatic rings. The molecule has 0 aliphatic rings. The normalized spacial score (nSPS) is 11.0. The van der Waals surface area contributed by atoms with Gasteiger partial charge in [0.05, 0.1) is 23.3 Å². The van der Waals surface area contributed by atoms with Crippen molar-refractivity contribution in [2.24, 2.45) is 0 Å². The highest BCUT2D eigenvalue weighted by Gasteiger charge is 2.15. The van der Waals surface area contributed by atoms with Crippen LogP contribution in [0.15, 0.2) is 67.1 Å². The number of aryl methyl sites for hydroxylation is 1. The third kappa shape index (κ3) is 2.87. The second-order valence-electron chi connectivity index (χ2n) is 6.79. The van der Waals surface area contributed by atoms with E-state index in [4.69, 9.17) is 4.98 Å². The van der Waals surface area contributed by atoms with Crippen LogP contribution in [0, 0.1) is 18.3 Å². The third-order valence-corrected chi connectivity index (χ3v) is 4.92. The molecule has 0 bridgehead atoms. The van der Waals surface area contributed by atoms with Crippen molar-refractivity contribution in [1.29, 1.82) is 5.26 Å². The fourth-order valence-corrected chi connectivity index (χ4v) is 3.55. The smallest absolute Gasteiger partial charge is 0.254 e. The van der Waals surface area contributed by atoms with E-state index in [2.05, 4.69) is 33.6 Å². The van der Waals surface area contributed by atoms with Crippen molar-refractivity contribution >= 4 is 22.2 Å². The number of fused-ring (bicyclic) bond motifs is 2. The lowest BCUT2D eigenvalue weighted by Gasteiger charge is -2.11. The molecule has 3 heterocycles. The van der Waals surface area contributed by atoms with E-state index in [1.807, 2.05) is 54.0 Å². The van der Waals surface area contributed by atoms with Gasteiger partial charge in [-0.3, -0.25) is 4.57 Å². The van der Waals surface area contributed by atoms with Crippen LogP contribution >= 0.6 is 0 Å². The number of benzene rings is 2. The lowest BCUT2D eigenvalue weighted by molar-refractivity contribution is 0.818. The molecule has 3 aromatic heterocycles. The van der Waals surface area contributed by atoms with E-state index in [1.54, 1.807) is 17.0 Å². The zero-order chi connectivity index (χ0) is 19.8. The Bertz CT molecular complexity index is 1370. The molecular formula is C22H17N7. The molecule has 0 spiro atoms. The van der Waals surface area contributed by atoms with Crippen molar-refractivity contribution in [2.45, 2.75) is 13.5 Å². The number of nitrogens with zero attached hydrogens (tertiary/aromatic N) is 6. The summed E-state index contributed by atoms with van der Waals surface area (Å²) in [5.41, 5.74) is 4.45. The van der Waals surface area contributed by atoms with Crippen LogP contribution in [-0.2, 0) is 6.54 Å². The summed E-state index contributed by atoms with van der Waals surface area (Å²) in [4.78, 5) is 9.01. The zero-order valence-electron chi connectivity index (χ0n) is 15.7. The summed E-state index contributed by atoms with van der Waals surface area (Å²) in [7, 11) is 0. The largest absolute Gasteiger partial charge is 0.364 e. The first-order chi connectivity index (χ1) is 14.2. The van der Waals surface area contributed by atoms with E-state index in [1.165, 1.54) is 0 Å². The average molecular weight is 379 g/mol. The average Bonchev–Trinajstić information content (AvgIpc) is 3.35. The molecule has 2 aromatic carbocycles. The van der Waals surface area contributed by atoms with Gasteiger partial charge in [0, 0.05) is 17.6 Å². The van der Waals surface area contributed by atoms with Gasteiger partial charge in [0.1, 0.15) is 11.8 Å². The Morgan fingerprint density at radius 1 is 1.07 bits per heavy atom. The quantitative estimate of drug-likeness (QED) is 0.513. The van der Waals surface area contributed by atoms with Gasteiger partial charge in [0.25, 0.3) is 5.95 Å². The summed E-state index contributed by atoms with van der Waals surface area (Å²) in [5.74, 6) is 1.22. The first kappa shape index (κ1) is 17.0. The van der Waals surface area contributed by atoms with Gasteiger partial charge < -0.3 is 5.32 Å². The van der Waals surface area contributed by atoms with Crippen molar-refractivity contribution in [3.63, 3.8) is 0 Å². The first-order valence-corrected chi connectivity index (χ1v) is 9.24. The minimum Gasteiger partial charge on any atom is -0.364 e. The van der Waals surface area contributed by atoms with Crippen molar-refractivity contribution < 1.29 is 0 Å². The Morgan fingerprint density at radius 2 is 1.93 bits per heavy atom. The molecule has 0 amide bonds. The van der Waals surface area contributed by atoms with Crippen LogP contribution in [0.1, 0.15) is 16.8 Å². The molecule has 29 heavy (non-hydrogen) atoms. The highest BCUT2D eigenvalue weighted by Crippen LogP contribution is 2.26. The number of anilines is 1. The van der Waals surface area contributed by atoms with Gasteiger partial charge in [0.2, 0.25) is 0 Å². The fourth-order valence-electron chi connectivity index (χ4n) is 3.55. The number of hydrogen-bond acceptors (Lipinski definition) is 5. The molecule has 0 saturated carbocycles. The number of aromatic nitrogens is 5. The van der Waals surface area contributed by atoms with E-state index >= 15 is 0 Å². The van der Waals surface area contributed by atoms with Gasteiger partial charge in [-0.15, -0.1) is 5.10 Å². The van der Waals surface area contributed by atoms with Crippen molar-refractivity contribution in [3.05, 3.63) is 83.9 Å². The Labute approximate surface area is 166 Å². The Hall–Kier alpha value is -4.18. The van der Waals surface area contributed by atoms with Crippen LogP contribution in [0.5, 0.6) is 0 Å². The second-order valence-corrected chi connectivity index (χ2v) is 6.79. The molecule has 7 heteroatoms. The lowest BCUT2D eigenvalue weighted by Crippen LogP contribution is -2.11. The van der Waals surface area contributed by atoms with Gasteiger partial charge in [-0.25, -0.2) is 9.50 Å². The second kappa shape index (κ2) is 6.77. The fraction of sp³-hybridized carbons (Fsp3) is 0.0909. The Balaban J connectivity index is 1.64. The number of nitriles is 1. The summed E-state index contributed by atoms with van der Waals surface area (Å²) >= 11 is 0. The number of rotatable bonds is 4. The Morgan fingerprint density at radius 3 is 2.76 bits per heavy atom. The van der Waals surface area contributed by atoms with Crippen LogP contribution in [0.4, 0.5) is 5.82 Å². The summed E-state index contributed by atoms with van der Waals surface area (Å²) in [5, 5.41) is 18.4. The van der Waals surface area contributed by atoms with Gasteiger partial charge in [-0.2, -0.15) is 10.2 Å². The molecule has 0 aliphatic heterocycles. The molecule has 0 radical (unpaired) electrons. The van der Waals surface area contributed by atoms with E-state index in [-0.39, 0.29) is 0 Å². The molecule has 0 atom stereocenters. The van der Waals surface area contributed by atoms with Gasteiger partial charge >= 0.3 is 0 Å². The lowest BCUT2D eigenvalue weighted by atomic mass is 10.1. The maximum Gasteiger partial charge on any atom is 0.254 e. The number of nitrogens with one attached hydrogen (secondary N) is 1. The predicted octanol–water partition coefficient (Wildman–Crippen LogP) is 3.86. The minimum atomic E-state index is 0.522. The molecule has 140 valence electrons. The molecule has 1 N–H and O–H groups in total. The van der Waals surface area contributed by atoms with Crippen LogP contribution in [-0.4, -0.2) is 24.1 Å². The van der Waals surface area contributed by atoms with Crippen molar-refractivity contribution in [2.75, 3.05) is 5.32 Å². The molecule has 0 aliphatic carbocycles. The van der Waals surface area contributed by atoms with E-state index in [9.17, 15) is 5.26 Å². The van der Waals surface area contributed by atoms with Crippen LogP contribution < -0.4 is 5.32 Å². The van der Waals surface area contributed by atoms with Gasteiger partial charge in [-0.05, 0) is 30.7 Å². The summed E-state index contributed by atoms with van der Waals surface area (Å²) in [6.45, 7) is 2.63. The summed E-state index contributed by atoms with van der Waals surface area (Å²) in [6, 6.07) is 20.1. The molecular weight excluding hydrogens is 362 g/mol. The molecule has 0 fully saturated rings. The highest BCUT2D eigenvalue weighted by atomic mass is 15.3. The summed E-state index contributed by atoms with van der Waals surface area (Å²) < 4.78 is 3.68. The van der Waals surface area contributed by atoms with Gasteiger partial charge in [-0.1, -0.05) is 36.4 Å². The molecule has 0 saturated heterocycles. The van der Waals surface area contributed by atoms with Crippen LogP contribution in [0.3, 0.4) is 0 Å². The molecule has 7 nitrogen and oxygen atoms in total. The summed E-state index contributed by atoms with van der Waals surface area (Å²) in [6.07, 6.45) is 3.40. The maximum atomic E-state index is 9.43. The van der Waals surface area contributed by atoms with Crippen molar-refractivity contribution in [3.8, 4) is 12.0 Å². The number of hydrogen-bond donors (Lipinski definition) is 1. The predicted molar refractivity (Wildman–Crippen MR) is 111 cm³/mol. The Kier molecular flexibility index (Phi) is 3.96.